The highest BCUT2D eigenvalue weighted by Crippen LogP contribution is 2.31. The smallest absolute Gasteiger partial charge is 0.255 e. The van der Waals surface area contributed by atoms with E-state index in [0.717, 1.165) is 21.1 Å². The molecule has 0 unspecified atom stereocenters. The number of halogens is 2. The van der Waals surface area contributed by atoms with Crippen LogP contribution in [0.1, 0.15) is 23.0 Å². The molecule has 0 spiro atoms. The van der Waals surface area contributed by atoms with E-state index < -0.39 is 0 Å². The molecule has 4 nitrogen and oxygen atoms in total. The van der Waals surface area contributed by atoms with Crippen molar-refractivity contribution in [1.29, 1.82) is 0 Å². The second kappa shape index (κ2) is 7.04. The molecular formula is C15H15Br2N3O. The quantitative estimate of drug-likeness (QED) is 0.779. The zero-order valence-corrected chi connectivity index (χ0v) is 14.9. The van der Waals surface area contributed by atoms with Gasteiger partial charge in [-0.25, -0.2) is 4.98 Å². The van der Waals surface area contributed by atoms with Gasteiger partial charge in [0.05, 0.1) is 5.69 Å². The van der Waals surface area contributed by atoms with Gasteiger partial charge in [0, 0.05) is 27.3 Å². The van der Waals surface area contributed by atoms with E-state index in [1.807, 2.05) is 25.1 Å². The Hall–Kier alpha value is -1.40. The molecular weight excluding hydrogens is 398 g/mol. The largest absolute Gasteiger partial charge is 0.373 e. The van der Waals surface area contributed by atoms with Crippen molar-refractivity contribution in [3.05, 3.63) is 50.5 Å². The first-order chi connectivity index (χ1) is 10.0. The van der Waals surface area contributed by atoms with Gasteiger partial charge in [-0.05, 0) is 62.5 Å². The first-order valence-electron chi connectivity index (χ1n) is 6.49. The van der Waals surface area contributed by atoms with Gasteiger partial charge in [0.2, 0.25) is 0 Å². The molecule has 1 aromatic heterocycles. The minimum atomic E-state index is -0.170. The molecule has 0 radical (unpaired) electrons. The number of benzene rings is 1. The van der Waals surface area contributed by atoms with Gasteiger partial charge < -0.3 is 10.6 Å². The maximum Gasteiger partial charge on any atom is 0.255 e. The summed E-state index contributed by atoms with van der Waals surface area (Å²) < 4.78 is 1.65. The summed E-state index contributed by atoms with van der Waals surface area (Å²) in [7, 11) is 1.79. The molecule has 110 valence electrons. The van der Waals surface area contributed by atoms with Crippen LogP contribution in [-0.4, -0.2) is 17.9 Å². The number of rotatable bonds is 4. The van der Waals surface area contributed by atoms with Gasteiger partial charge in [0.25, 0.3) is 5.91 Å². The van der Waals surface area contributed by atoms with Gasteiger partial charge in [-0.3, -0.25) is 4.79 Å². The molecule has 1 amide bonds. The van der Waals surface area contributed by atoms with Crippen LogP contribution in [0.2, 0.25) is 0 Å². The third-order valence-electron chi connectivity index (χ3n) is 2.96. The number of para-hydroxylation sites is 1. The molecule has 0 fully saturated rings. The lowest BCUT2D eigenvalue weighted by atomic mass is 10.1. The van der Waals surface area contributed by atoms with Gasteiger partial charge in [-0.2, -0.15) is 0 Å². The van der Waals surface area contributed by atoms with Gasteiger partial charge in [-0.15, -0.1) is 0 Å². The summed E-state index contributed by atoms with van der Waals surface area (Å²) in [6, 6.07) is 9.19. The Morgan fingerprint density at radius 1 is 1.24 bits per heavy atom. The number of pyridine rings is 1. The monoisotopic (exact) mass is 411 g/mol. The van der Waals surface area contributed by atoms with Crippen LogP contribution >= 0.6 is 31.9 Å². The number of nitrogens with zero attached hydrogens (tertiary/aromatic N) is 1. The van der Waals surface area contributed by atoms with Crippen molar-refractivity contribution in [1.82, 2.24) is 4.98 Å². The van der Waals surface area contributed by atoms with Crippen LogP contribution < -0.4 is 10.6 Å². The molecule has 0 bridgehead atoms. The minimum absolute atomic E-state index is 0.170. The average molecular weight is 413 g/mol. The number of nitrogens with one attached hydrogen (secondary N) is 2. The summed E-state index contributed by atoms with van der Waals surface area (Å²) in [4.78, 5) is 16.8. The first-order valence-corrected chi connectivity index (χ1v) is 8.07. The van der Waals surface area contributed by atoms with E-state index in [2.05, 4.69) is 47.5 Å². The van der Waals surface area contributed by atoms with E-state index in [9.17, 15) is 4.79 Å². The topological polar surface area (TPSA) is 54.0 Å². The van der Waals surface area contributed by atoms with Crippen LogP contribution in [-0.2, 0) is 6.42 Å². The summed E-state index contributed by atoms with van der Waals surface area (Å²) in [5, 5.41) is 5.88. The van der Waals surface area contributed by atoms with Crippen molar-refractivity contribution in [3.8, 4) is 0 Å². The molecule has 2 rings (SSSR count). The lowest BCUT2D eigenvalue weighted by Crippen LogP contribution is -2.14. The normalized spacial score (nSPS) is 10.3. The molecule has 6 heteroatoms. The Labute approximate surface area is 140 Å². The summed E-state index contributed by atoms with van der Waals surface area (Å²) in [6.07, 6.45) is 0.772. The Morgan fingerprint density at radius 2 is 1.90 bits per heavy atom. The summed E-state index contributed by atoms with van der Waals surface area (Å²) >= 11 is 6.87. The van der Waals surface area contributed by atoms with Crippen LogP contribution in [0.3, 0.4) is 0 Å². The van der Waals surface area contributed by atoms with Gasteiger partial charge in [0.15, 0.2) is 0 Å². The number of hydrogen-bond donors (Lipinski definition) is 2. The van der Waals surface area contributed by atoms with Crippen LogP contribution in [0.25, 0.3) is 0 Å². The molecule has 0 aliphatic heterocycles. The highest BCUT2D eigenvalue weighted by Gasteiger charge is 2.13. The SMILES string of the molecule is CCc1cc(C(=O)Nc2c(Br)cccc2Br)cc(NC)n1. The number of carbonyl (C=O) groups excluding carboxylic acids is 1. The zero-order valence-electron chi connectivity index (χ0n) is 11.7. The Balaban J connectivity index is 2.32. The number of anilines is 2. The summed E-state index contributed by atoms with van der Waals surface area (Å²) in [5.74, 6) is 0.516. The van der Waals surface area contributed by atoms with Crippen LogP contribution in [0.15, 0.2) is 39.3 Å². The predicted octanol–water partition coefficient (Wildman–Crippen LogP) is 4.46. The molecule has 2 aromatic rings. The third kappa shape index (κ3) is 3.83. The summed E-state index contributed by atoms with van der Waals surface area (Å²) in [6.45, 7) is 2.01. The first kappa shape index (κ1) is 16.0. The minimum Gasteiger partial charge on any atom is -0.373 e. The van der Waals surface area contributed by atoms with Crippen LogP contribution in [0.4, 0.5) is 11.5 Å². The zero-order chi connectivity index (χ0) is 15.4. The lowest BCUT2D eigenvalue weighted by molar-refractivity contribution is 0.102. The number of aromatic nitrogens is 1. The van der Waals surface area contributed by atoms with E-state index in [-0.39, 0.29) is 5.91 Å². The number of hydrogen-bond acceptors (Lipinski definition) is 3. The molecule has 1 heterocycles. The van der Waals surface area contributed by atoms with E-state index in [1.54, 1.807) is 19.2 Å². The number of carbonyl (C=O) groups is 1. The van der Waals surface area contributed by atoms with Gasteiger partial charge in [-0.1, -0.05) is 13.0 Å². The van der Waals surface area contributed by atoms with Gasteiger partial charge in [0.1, 0.15) is 5.82 Å². The van der Waals surface area contributed by atoms with E-state index in [0.29, 0.717) is 17.1 Å². The van der Waals surface area contributed by atoms with Crippen LogP contribution in [0, 0.1) is 0 Å². The Kier molecular flexibility index (Phi) is 5.36. The highest BCUT2D eigenvalue weighted by atomic mass is 79.9. The van der Waals surface area contributed by atoms with Crippen molar-refractivity contribution in [3.63, 3.8) is 0 Å². The standard InChI is InChI=1S/C15H15Br2N3O/c1-3-10-7-9(8-13(18-2)19-10)15(21)20-14-11(16)5-4-6-12(14)17/h4-8H,3H2,1-2H3,(H,18,19)(H,20,21). The second-order valence-electron chi connectivity index (χ2n) is 4.39. The fourth-order valence-electron chi connectivity index (χ4n) is 1.83. The molecule has 0 aliphatic carbocycles. The van der Waals surface area contributed by atoms with Crippen molar-refractivity contribution in [2.75, 3.05) is 17.7 Å². The predicted molar refractivity (Wildman–Crippen MR) is 93.0 cm³/mol. The van der Waals surface area contributed by atoms with Crippen molar-refractivity contribution >= 4 is 49.3 Å². The molecule has 0 saturated carbocycles. The van der Waals surface area contributed by atoms with E-state index in [4.69, 9.17) is 0 Å². The summed E-state index contributed by atoms with van der Waals surface area (Å²) in [5.41, 5.74) is 2.16. The maximum absolute atomic E-state index is 12.4. The molecule has 0 atom stereocenters. The van der Waals surface area contributed by atoms with Crippen molar-refractivity contribution in [2.24, 2.45) is 0 Å². The maximum atomic E-state index is 12.4. The lowest BCUT2D eigenvalue weighted by Gasteiger charge is -2.11. The number of aryl methyl sites for hydroxylation is 1. The molecule has 1 aromatic carbocycles. The number of amides is 1. The van der Waals surface area contributed by atoms with Crippen molar-refractivity contribution < 1.29 is 4.79 Å². The average Bonchev–Trinajstić information content (AvgIpc) is 2.50. The fourth-order valence-corrected chi connectivity index (χ4v) is 3.03. The second-order valence-corrected chi connectivity index (χ2v) is 6.10. The third-order valence-corrected chi connectivity index (χ3v) is 4.28. The molecule has 2 N–H and O–H groups in total. The Morgan fingerprint density at radius 3 is 2.48 bits per heavy atom. The van der Waals surface area contributed by atoms with E-state index in [1.165, 1.54) is 0 Å². The molecule has 21 heavy (non-hydrogen) atoms. The van der Waals surface area contributed by atoms with E-state index >= 15 is 0 Å². The highest BCUT2D eigenvalue weighted by molar-refractivity contribution is 9.11. The van der Waals surface area contributed by atoms with Crippen LogP contribution in [0.5, 0.6) is 0 Å². The fraction of sp³-hybridized carbons (Fsp3) is 0.200. The van der Waals surface area contributed by atoms with Crippen molar-refractivity contribution in [2.45, 2.75) is 13.3 Å². The Bertz CT molecular complexity index is 631. The van der Waals surface area contributed by atoms with Gasteiger partial charge >= 0.3 is 0 Å². The molecule has 0 saturated heterocycles. The molecule has 0 aliphatic rings.